The number of aromatic nitrogens is 1. The first kappa shape index (κ1) is 25.7. The van der Waals surface area contributed by atoms with Crippen LogP contribution < -0.4 is 5.32 Å². The standard InChI is InChI=1S/C29H30BrN3O3/c1-3-15-31-18(2)20-8-11-23(12-9-20)32-28(21-6-4-5-19(16-21)7-14-26(34)35)27-24-13-10-22(30)17-25(24)33-29(27)36/h4-6,8-13,16-18,31,33,36H,3,7,14-15H2,1-2H3,(H,34,35). The number of nitrogens with zero attached hydrogens (tertiary/aromatic N) is 1. The SMILES string of the molecule is CCCNC(C)c1ccc(N=C(c2cccc(CCC(=O)O)c2)c2c(O)[nH]c3cc(Br)ccc23)cc1. The maximum absolute atomic E-state index is 11.1. The fraction of sp³-hybridized carbons (Fsp3) is 0.241. The summed E-state index contributed by atoms with van der Waals surface area (Å²) in [5.74, 6) is -0.802. The third-order valence-corrected chi connectivity index (χ3v) is 6.63. The number of aromatic amines is 1. The number of aromatic hydroxyl groups is 1. The number of carboxylic acid groups (broad SMARTS) is 1. The minimum atomic E-state index is -0.836. The Bertz CT molecular complexity index is 1390. The van der Waals surface area contributed by atoms with E-state index in [2.05, 4.69) is 52.2 Å². The molecule has 0 fully saturated rings. The first-order valence-corrected chi connectivity index (χ1v) is 12.9. The van der Waals surface area contributed by atoms with E-state index in [1.165, 1.54) is 5.56 Å². The summed E-state index contributed by atoms with van der Waals surface area (Å²) in [6.45, 7) is 5.25. The van der Waals surface area contributed by atoms with Crippen molar-refractivity contribution in [3.63, 3.8) is 0 Å². The molecule has 0 spiro atoms. The van der Waals surface area contributed by atoms with Crippen LogP contribution in [-0.4, -0.2) is 33.4 Å². The van der Waals surface area contributed by atoms with E-state index in [4.69, 9.17) is 10.1 Å². The number of hydrogen-bond donors (Lipinski definition) is 4. The lowest BCUT2D eigenvalue weighted by atomic mass is 9.97. The summed E-state index contributed by atoms with van der Waals surface area (Å²) in [5, 5.41) is 24.4. The molecule has 0 amide bonds. The number of hydrogen-bond acceptors (Lipinski definition) is 4. The molecule has 0 bridgehead atoms. The molecule has 36 heavy (non-hydrogen) atoms. The van der Waals surface area contributed by atoms with E-state index in [9.17, 15) is 9.90 Å². The molecular formula is C29H30BrN3O3. The molecule has 4 aromatic rings. The summed E-state index contributed by atoms with van der Waals surface area (Å²) in [5.41, 5.74) is 5.66. The number of rotatable bonds is 10. The van der Waals surface area contributed by atoms with E-state index in [-0.39, 0.29) is 18.3 Å². The molecule has 1 heterocycles. The zero-order valence-corrected chi connectivity index (χ0v) is 22.0. The number of carboxylic acids is 1. The molecule has 6 nitrogen and oxygen atoms in total. The highest BCUT2D eigenvalue weighted by Gasteiger charge is 2.19. The lowest BCUT2D eigenvalue weighted by Crippen LogP contribution is -2.19. The van der Waals surface area contributed by atoms with Crippen LogP contribution in [0.3, 0.4) is 0 Å². The fourth-order valence-corrected chi connectivity index (χ4v) is 4.59. The predicted octanol–water partition coefficient (Wildman–Crippen LogP) is 6.88. The van der Waals surface area contributed by atoms with E-state index in [1.54, 1.807) is 0 Å². The predicted molar refractivity (Wildman–Crippen MR) is 149 cm³/mol. The normalized spacial score (nSPS) is 12.7. The largest absolute Gasteiger partial charge is 0.494 e. The van der Waals surface area contributed by atoms with Gasteiger partial charge in [0.15, 0.2) is 5.88 Å². The lowest BCUT2D eigenvalue weighted by Gasteiger charge is -2.14. The Morgan fingerprint density at radius 2 is 1.89 bits per heavy atom. The van der Waals surface area contributed by atoms with Crippen molar-refractivity contribution < 1.29 is 15.0 Å². The number of nitrogens with one attached hydrogen (secondary N) is 2. The summed E-state index contributed by atoms with van der Waals surface area (Å²) in [6.07, 6.45) is 1.54. The molecule has 1 atom stereocenters. The quantitative estimate of drug-likeness (QED) is 0.162. The van der Waals surface area contributed by atoms with Gasteiger partial charge in [0.05, 0.1) is 22.5 Å². The average Bonchev–Trinajstić information content (AvgIpc) is 3.19. The Morgan fingerprint density at radius 3 is 2.61 bits per heavy atom. The Balaban J connectivity index is 1.80. The third-order valence-electron chi connectivity index (χ3n) is 6.14. The first-order valence-electron chi connectivity index (χ1n) is 12.1. The number of aliphatic carboxylic acids is 1. The Hall–Kier alpha value is -3.42. The molecule has 4 N–H and O–H groups in total. The number of aliphatic imine (C=N–C) groups is 1. The molecule has 3 aromatic carbocycles. The molecule has 0 aliphatic carbocycles. The van der Waals surface area contributed by atoms with Crippen LogP contribution in [0.15, 0.2) is 76.2 Å². The summed E-state index contributed by atoms with van der Waals surface area (Å²) in [6, 6.07) is 21.8. The average molecular weight is 548 g/mol. The molecule has 7 heteroatoms. The minimum absolute atomic E-state index is 0.0341. The van der Waals surface area contributed by atoms with Gasteiger partial charge in [0, 0.05) is 27.9 Å². The van der Waals surface area contributed by atoms with Gasteiger partial charge >= 0.3 is 5.97 Å². The maximum atomic E-state index is 11.1. The van der Waals surface area contributed by atoms with Crippen LogP contribution in [0.4, 0.5) is 5.69 Å². The van der Waals surface area contributed by atoms with E-state index in [1.807, 2.05) is 54.6 Å². The van der Waals surface area contributed by atoms with Gasteiger partial charge in [0.1, 0.15) is 0 Å². The van der Waals surface area contributed by atoms with Gasteiger partial charge in [0.25, 0.3) is 0 Å². The minimum Gasteiger partial charge on any atom is -0.494 e. The van der Waals surface area contributed by atoms with Gasteiger partial charge < -0.3 is 20.5 Å². The Morgan fingerprint density at radius 1 is 1.11 bits per heavy atom. The lowest BCUT2D eigenvalue weighted by molar-refractivity contribution is -0.136. The van der Waals surface area contributed by atoms with Crippen molar-refractivity contribution in [3.05, 3.63) is 93.5 Å². The number of aryl methyl sites for hydroxylation is 1. The monoisotopic (exact) mass is 547 g/mol. The molecule has 0 radical (unpaired) electrons. The Labute approximate surface area is 219 Å². The molecule has 0 saturated heterocycles. The molecule has 1 unspecified atom stereocenters. The van der Waals surface area contributed by atoms with Crippen molar-refractivity contribution in [3.8, 4) is 5.88 Å². The smallest absolute Gasteiger partial charge is 0.303 e. The van der Waals surface area contributed by atoms with Crippen LogP contribution in [0.2, 0.25) is 0 Å². The highest BCUT2D eigenvalue weighted by molar-refractivity contribution is 9.10. The van der Waals surface area contributed by atoms with E-state index < -0.39 is 5.97 Å². The van der Waals surface area contributed by atoms with Crippen molar-refractivity contribution in [2.75, 3.05) is 6.54 Å². The highest BCUT2D eigenvalue weighted by atomic mass is 79.9. The summed E-state index contributed by atoms with van der Waals surface area (Å²) in [7, 11) is 0. The van der Waals surface area contributed by atoms with Crippen molar-refractivity contribution in [1.29, 1.82) is 0 Å². The topological polar surface area (TPSA) is 97.7 Å². The second-order valence-electron chi connectivity index (χ2n) is 8.86. The van der Waals surface area contributed by atoms with Crippen molar-refractivity contribution in [2.24, 2.45) is 4.99 Å². The van der Waals surface area contributed by atoms with E-state index >= 15 is 0 Å². The summed E-state index contributed by atoms with van der Waals surface area (Å²) >= 11 is 3.49. The number of carbonyl (C=O) groups is 1. The van der Waals surface area contributed by atoms with Crippen LogP contribution in [0, 0.1) is 0 Å². The number of benzene rings is 3. The number of halogens is 1. The molecular weight excluding hydrogens is 518 g/mol. The van der Waals surface area contributed by atoms with Gasteiger partial charge in [-0.3, -0.25) is 4.79 Å². The van der Waals surface area contributed by atoms with E-state index in [0.717, 1.165) is 45.2 Å². The van der Waals surface area contributed by atoms with Crippen molar-refractivity contribution in [1.82, 2.24) is 10.3 Å². The van der Waals surface area contributed by atoms with Gasteiger partial charge in [0.2, 0.25) is 0 Å². The Kier molecular flexibility index (Phi) is 8.23. The summed E-state index contributed by atoms with van der Waals surface area (Å²) < 4.78 is 0.901. The van der Waals surface area contributed by atoms with E-state index in [0.29, 0.717) is 17.7 Å². The molecule has 0 aliphatic heterocycles. The second-order valence-corrected chi connectivity index (χ2v) is 9.78. The molecule has 4 rings (SSSR count). The van der Waals surface area contributed by atoms with Gasteiger partial charge in [-0.25, -0.2) is 4.99 Å². The van der Waals surface area contributed by atoms with Gasteiger partial charge in [-0.05, 0) is 67.8 Å². The van der Waals surface area contributed by atoms with Gasteiger partial charge in [-0.15, -0.1) is 0 Å². The van der Waals surface area contributed by atoms with Gasteiger partial charge in [-0.1, -0.05) is 59.3 Å². The molecule has 0 aliphatic rings. The third kappa shape index (κ3) is 6.04. The molecule has 0 saturated carbocycles. The number of H-pyrrole nitrogens is 1. The van der Waals surface area contributed by atoms with Crippen LogP contribution in [0.1, 0.15) is 55.0 Å². The van der Waals surface area contributed by atoms with Crippen LogP contribution in [0.5, 0.6) is 5.88 Å². The molecule has 1 aromatic heterocycles. The fourth-order valence-electron chi connectivity index (χ4n) is 4.23. The summed E-state index contributed by atoms with van der Waals surface area (Å²) in [4.78, 5) is 19.2. The van der Waals surface area contributed by atoms with Crippen LogP contribution in [0.25, 0.3) is 10.9 Å². The zero-order valence-electron chi connectivity index (χ0n) is 20.4. The number of fused-ring (bicyclic) bond motifs is 1. The maximum Gasteiger partial charge on any atom is 0.303 e. The van der Waals surface area contributed by atoms with Crippen molar-refractivity contribution in [2.45, 2.75) is 39.2 Å². The second kappa shape index (κ2) is 11.5. The van der Waals surface area contributed by atoms with Crippen molar-refractivity contribution >= 4 is 44.2 Å². The zero-order chi connectivity index (χ0) is 25.7. The molecule has 186 valence electrons. The van der Waals surface area contributed by atoms with Gasteiger partial charge in [-0.2, -0.15) is 0 Å². The van der Waals surface area contributed by atoms with Crippen LogP contribution in [-0.2, 0) is 11.2 Å². The highest BCUT2D eigenvalue weighted by Crippen LogP contribution is 2.33. The first-order chi connectivity index (χ1) is 17.4. The van der Waals surface area contributed by atoms with Crippen LogP contribution >= 0.6 is 15.9 Å².